The highest BCUT2D eigenvalue weighted by atomic mass is 16.5. The van der Waals surface area contributed by atoms with Crippen molar-refractivity contribution in [3.05, 3.63) is 35.5 Å². The first kappa shape index (κ1) is 17.6. The normalized spacial score (nSPS) is 12.5. The molecule has 1 atom stereocenters. The van der Waals surface area contributed by atoms with E-state index in [1.165, 1.54) is 35.9 Å². The van der Waals surface area contributed by atoms with Gasteiger partial charge in [-0.2, -0.15) is 0 Å². The molecule has 3 nitrogen and oxygen atoms in total. The van der Waals surface area contributed by atoms with Gasteiger partial charge in [-0.05, 0) is 31.9 Å². The van der Waals surface area contributed by atoms with Gasteiger partial charge in [0.15, 0.2) is 0 Å². The molecule has 2 aromatic rings. The van der Waals surface area contributed by atoms with Crippen molar-refractivity contribution in [1.82, 2.24) is 4.57 Å². The van der Waals surface area contributed by atoms with Crippen molar-refractivity contribution >= 4 is 16.9 Å². The lowest BCUT2D eigenvalue weighted by atomic mass is 9.91. The van der Waals surface area contributed by atoms with E-state index in [4.69, 9.17) is 4.74 Å². The number of nitrogens with zero attached hydrogens (tertiary/aromatic N) is 1. The van der Waals surface area contributed by atoms with Gasteiger partial charge in [0.2, 0.25) is 0 Å². The third-order valence-corrected chi connectivity index (χ3v) is 4.71. The molecule has 0 bridgehead atoms. The first-order valence-corrected chi connectivity index (χ1v) is 8.82. The minimum absolute atomic E-state index is 0.0801. The Balaban J connectivity index is 2.38. The number of para-hydroxylation sites is 1. The van der Waals surface area contributed by atoms with Gasteiger partial charge >= 0.3 is 5.97 Å². The summed E-state index contributed by atoms with van der Waals surface area (Å²) >= 11 is 0. The number of esters is 1. The van der Waals surface area contributed by atoms with Gasteiger partial charge in [0.25, 0.3) is 0 Å². The lowest BCUT2D eigenvalue weighted by molar-refractivity contribution is -0.145. The highest BCUT2D eigenvalue weighted by Gasteiger charge is 2.27. The second-order valence-electron chi connectivity index (χ2n) is 6.23. The van der Waals surface area contributed by atoms with Crippen molar-refractivity contribution in [2.45, 2.75) is 58.8 Å². The number of fused-ring (bicyclic) bond motifs is 1. The molecule has 1 aromatic carbocycles. The van der Waals surface area contributed by atoms with Crippen molar-refractivity contribution in [3.8, 4) is 0 Å². The van der Waals surface area contributed by atoms with E-state index in [1.54, 1.807) is 0 Å². The zero-order valence-electron chi connectivity index (χ0n) is 14.9. The number of hydrogen-bond acceptors (Lipinski definition) is 2. The van der Waals surface area contributed by atoms with Crippen LogP contribution in [0, 0.1) is 6.92 Å². The summed E-state index contributed by atoms with van der Waals surface area (Å²) in [4.78, 5) is 12.6. The van der Waals surface area contributed by atoms with Gasteiger partial charge < -0.3 is 9.30 Å². The van der Waals surface area contributed by atoms with Crippen LogP contribution in [0.4, 0.5) is 0 Å². The summed E-state index contributed by atoms with van der Waals surface area (Å²) in [5.74, 6) is -0.235. The number of hydrogen-bond donors (Lipinski definition) is 0. The Bertz CT molecular complexity index is 657. The zero-order valence-corrected chi connectivity index (χ0v) is 14.9. The van der Waals surface area contributed by atoms with Gasteiger partial charge in [0.05, 0.1) is 12.5 Å². The minimum Gasteiger partial charge on any atom is -0.466 e. The molecule has 0 aliphatic rings. The highest BCUT2D eigenvalue weighted by molar-refractivity contribution is 5.91. The fourth-order valence-corrected chi connectivity index (χ4v) is 3.39. The molecule has 126 valence electrons. The summed E-state index contributed by atoms with van der Waals surface area (Å²) in [5.41, 5.74) is 3.50. The van der Waals surface area contributed by atoms with Crippen LogP contribution in [-0.4, -0.2) is 17.1 Å². The lowest BCUT2D eigenvalue weighted by Crippen LogP contribution is -2.17. The zero-order chi connectivity index (χ0) is 16.8. The van der Waals surface area contributed by atoms with Crippen LogP contribution in [0.2, 0.25) is 0 Å². The molecule has 0 aliphatic carbocycles. The average molecular weight is 315 g/mol. The Labute approximate surface area is 139 Å². The van der Waals surface area contributed by atoms with Crippen LogP contribution in [0.5, 0.6) is 0 Å². The van der Waals surface area contributed by atoms with E-state index >= 15 is 0 Å². The maximum Gasteiger partial charge on any atom is 0.313 e. The predicted molar refractivity (Wildman–Crippen MR) is 95.8 cm³/mol. The van der Waals surface area contributed by atoms with Crippen molar-refractivity contribution in [1.29, 1.82) is 0 Å². The molecule has 0 radical (unpaired) electrons. The molecular weight excluding hydrogens is 286 g/mol. The number of unbranched alkanes of at least 4 members (excludes halogenated alkanes) is 3. The van der Waals surface area contributed by atoms with Crippen LogP contribution >= 0.6 is 0 Å². The number of aromatic nitrogens is 1. The molecule has 23 heavy (non-hydrogen) atoms. The number of ether oxygens (including phenoxy) is 1. The van der Waals surface area contributed by atoms with Gasteiger partial charge in [-0.25, -0.2) is 0 Å². The summed E-state index contributed by atoms with van der Waals surface area (Å²) in [5, 5.41) is 1.18. The first-order valence-electron chi connectivity index (χ1n) is 8.82. The van der Waals surface area contributed by atoms with E-state index in [0.29, 0.717) is 6.61 Å². The SMILES string of the molecule is CCCCCC[C@@H](C(=O)OCC)c1c(C)n(C)c2ccccc12. The number of aryl methyl sites for hydroxylation is 1. The van der Waals surface area contributed by atoms with E-state index in [2.05, 4.69) is 37.6 Å². The Morgan fingerprint density at radius 1 is 1.17 bits per heavy atom. The molecule has 0 aliphatic heterocycles. The van der Waals surface area contributed by atoms with Gasteiger partial charge in [0.1, 0.15) is 0 Å². The van der Waals surface area contributed by atoms with Crippen LogP contribution in [-0.2, 0) is 16.6 Å². The Morgan fingerprint density at radius 3 is 2.61 bits per heavy atom. The molecule has 0 saturated heterocycles. The predicted octanol–water partition coefficient (Wildman–Crippen LogP) is 5.10. The number of rotatable bonds is 8. The molecule has 3 heteroatoms. The summed E-state index contributed by atoms with van der Waals surface area (Å²) in [6.45, 7) is 6.63. The molecule has 0 amide bonds. The number of benzene rings is 1. The highest BCUT2D eigenvalue weighted by Crippen LogP contribution is 2.35. The molecule has 1 heterocycles. The molecule has 2 rings (SSSR count). The second-order valence-corrected chi connectivity index (χ2v) is 6.23. The van der Waals surface area contributed by atoms with Crippen LogP contribution in [0.1, 0.15) is 63.1 Å². The third kappa shape index (κ3) is 3.77. The van der Waals surface area contributed by atoms with E-state index in [9.17, 15) is 4.79 Å². The van der Waals surface area contributed by atoms with Crippen molar-refractivity contribution in [2.75, 3.05) is 6.61 Å². The molecule has 0 unspecified atom stereocenters. The summed E-state index contributed by atoms with van der Waals surface area (Å²) in [7, 11) is 2.07. The molecule has 1 aromatic heterocycles. The molecular formula is C20H29NO2. The van der Waals surface area contributed by atoms with Crippen LogP contribution in [0.3, 0.4) is 0 Å². The summed E-state index contributed by atoms with van der Waals surface area (Å²) in [6.07, 6.45) is 5.55. The van der Waals surface area contributed by atoms with E-state index < -0.39 is 0 Å². The van der Waals surface area contributed by atoms with E-state index in [0.717, 1.165) is 18.4 Å². The van der Waals surface area contributed by atoms with E-state index in [-0.39, 0.29) is 11.9 Å². The maximum atomic E-state index is 12.6. The summed E-state index contributed by atoms with van der Waals surface area (Å²) in [6, 6.07) is 8.33. The average Bonchev–Trinajstić information content (AvgIpc) is 2.80. The second kappa shape index (κ2) is 8.19. The summed E-state index contributed by atoms with van der Waals surface area (Å²) < 4.78 is 7.56. The van der Waals surface area contributed by atoms with Gasteiger partial charge in [-0.3, -0.25) is 4.79 Å². The lowest BCUT2D eigenvalue weighted by Gasteiger charge is -2.17. The smallest absolute Gasteiger partial charge is 0.313 e. The van der Waals surface area contributed by atoms with Gasteiger partial charge in [0, 0.05) is 23.6 Å². The topological polar surface area (TPSA) is 31.2 Å². The Morgan fingerprint density at radius 2 is 1.91 bits per heavy atom. The van der Waals surface area contributed by atoms with Crippen molar-refractivity contribution in [2.24, 2.45) is 7.05 Å². The first-order chi connectivity index (χ1) is 11.1. The van der Waals surface area contributed by atoms with Crippen LogP contribution in [0.15, 0.2) is 24.3 Å². The third-order valence-electron chi connectivity index (χ3n) is 4.71. The molecule has 0 N–H and O–H groups in total. The number of carbonyl (C=O) groups is 1. The Hall–Kier alpha value is -1.77. The molecule has 0 fully saturated rings. The Kier molecular flexibility index (Phi) is 6.26. The van der Waals surface area contributed by atoms with Crippen molar-refractivity contribution < 1.29 is 9.53 Å². The maximum absolute atomic E-state index is 12.6. The monoisotopic (exact) mass is 315 g/mol. The van der Waals surface area contributed by atoms with Crippen LogP contribution in [0.25, 0.3) is 10.9 Å². The number of carbonyl (C=O) groups excluding carboxylic acids is 1. The molecule has 0 spiro atoms. The van der Waals surface area contributed by atoms with Gasteiger partial charge in [-0.15, -0.1) is 0 Å². The van der Waals surface area contributed by atoms with Crippen LogP contribution < -0.4 is 0 Å². The molecule has 0 saturated carbocycles. The quantitative estimate of drug-likeness (QED) is 0.501. The standard InChI is InChI=1S/C20H29NO2/c1-5-7-8-9-13-17(20(22)23-6-2)19-15(3)21(4)18-14-11-10-12-16(18)19/h10-12,14,17H,5-9,13H2,1-4H3/t17-/m1/s1. The van der Waals surface area contributed by atoms with Gasteiger partial charge in [-0.1, -0.05) is 50.8 Å². The van der Waals surface area contributed by atoms with E-state index in [1.807, 2.05) is 19.1 Å². The fourth-order valence-electron chi connectivity index (χ4n) is 3.39. The minimum atomic E-state index is -0.155. The fraction of sp³-hybridized carbons (Fsp3) is 0.550. The van der Waals surface area contributed by atoms with Crippen molar-refractivity contribution in [3.63, 3.8) is 0 Å². The largest absolute Gasteiger partial charge is 0.466 e.